The normalized spacial score (nSPS) is 9.54. The fraction of sp³-hybridized carbons (Fsp3) is 0. The average Bonchev–Trinajstić information content (AvgIpc) is 2.19. The molecule has 2 rings (SSSR count). The van der Waals surface area contributed by atoms with Crippen LogP contribution in [0.3, 0.4) is 0 Å². The van der Waals surface area contributed by atoms with E-state index in [1.54, 1.807) is 18.6 Å². The summed E-state index contributed by atoms with van der Waals surface area (Å²) in [5.74, 6) is 0.362. The number of hydrogen-bond donors (Lipinski definition) is 0. The van der Waals surface area contributed by atoms with Crippen molar-refractivity contribution in [2.75, 3.05) is 0 Å². The van der Waals surface area contributed by atoms with Crippen LogP contribution in [0.1, 0.15) is 0 Å². The van der Waals surface area contributed by atoms with Gasteiger partial charge in [0, 0.05) is 24.0 Å². The van der Waals surface area contributed by atoms with Gasteiger partial charge in [-0.2, -0.15) is 0 Å². The van der Waals surface area contributed by atoms with E-state index in [1.165, 1.54) is 6.08 Å². The van der Waals surface area contributed by atoms with Crippen molar-refractivity contribution in [2.45, 2.75) is 0 Å². The van der Waals surface area contributed by atoms with Crippen LogP contribution in [0.15, 0.2) is 35.7 Å². The van der Waals surface area contributed by atoms with Crippen LogP contribution < -0.4 is 0 Å². The molecule has 4 heteroatoms. The van der Waals surface area contributed by atoms with Gasteiger partial charge in [-0.05, 0) is 17.5 Å². The van der Waals surface area contributed by atoms with Crippen molar-refractivity contribution < 1.29 is 4.79 Å². The quantitative estimate of drug-likeness (QED) is 0.483. The number of nitrogens with zero attached hydrogens (tertiary/aromatic N) is 3. The van der Waals surface area contributed by atoms with Crippen LogP contribution in [0.5, 0.6) is 0 Å². The number of carbonyl (C=O) groups excluding carboxylic acids is 1. The van der Waals surface area contributed by atoms with E-state index in [4.69, 9.17) is 0 Å². The largest absolute Gasteiger partial charge is 0.264 e. The van der Waals surface area contributed by atoms with E-state index < -0.39 is 0 Å². The Kier molecular flexibility index (Phi) is 1.82. The predicted octanol–water partition coefficient (Wildman–Crippen LogP) is 1.60. The van der Waals surface area contributed by atoms with Gasteiger partial charge in [-0.3, -0.25) is 4.98 Å². The third-order valence-corrected chi connectivity index (χ3v) is 1.70. The molecule has 62 valence electrons. The zero-order valence-electron chi connectivity index (χ0n) is 6.64. The van der Waals surface area contributed by atoms with Crippen LogP contribution >= 0.6 is 0 Å². The van der Waals surface area contributed by atoms with Gasteiger partial charge in [-0.25, -0.2) is 9.78 Å². The lowest BCUT2D eigenvalue weighted by Crippen LogP contribution is -1.79. The van der Waals surface area contributed by atoms with E-state index in [0.29, 0.717) is 5.82 Å². The number of aromatic nitrogens is 2. The van der Waals surface area contributed by atoms with E-state index in [1.807, 2.05) is 12.1 Å². The van der Waals surface area contributed by atoms with Gasteiger partial charge in [0.1, 0.15) is 0 Å². The molecule has 0 aliphatic heterocycles. The lowest BCUT2D eigenvalue weighted by molar-refractivity contribution is 0.565. The van der Waals surface area contributed by atoms with Crippen LogP contribution in [0, 0.1) is 0 Å². The molecule has 2 heterocycles. The molecule has 0 aromatic carbocycles. The van der Waals surface area contributed by atoms with Gasteiger partial charge in [0.15, 0.2) is 5.82 Å². The Bertz CT molecular complexity index is 484. The minimum atomic E-state index is 0.362. The molecule has 4 nitrogen and oxygen atoms in total. The fourth-order valence-corrected chi connectivity index (χ4v) is 1.13. The molecule has 0 fully saturated rings. The van der Waals surface area contributed by atoms with Crippen LogP contribution in [-0.4, -0.2) is 16.0 Å². The molecular formula is C9H5N3O. The molecule has 13 heavy (non-hydrogen) atoms. The highest BCUT2D eigenvalue weighted by molar-refractivity contribution is 5.90. The summed E-state index contributed by atoms with van der Waals surface area (Å²) < 4.78 is 0. The van der Waals surface area contributed by atoms with Crippen LogP contribution in [-0.2, 0) is 4.79 Å². The first-order chi connectivity index (χ1) is 6.42. The van der Waals surface area contributed by atoms with Crippen molar-refractivity contribution in [1.29, 1.82) is 0 Å². The maximum atomic E-state index is 10.1. The highest BCUT2D eigenvalue weighted by atomic mass is 16.1. The Hall–Kier alpha value is -2.06. The molecule has 0 radical (unpaired) electrons. The predicted molar refractivity (Wildman–Crippen MR) is 47.3 cm³/mol. The Morgan fingerprint density at radius 1 is 1.31 bits per heavy atom. The summed E-state index contributed by atoms with van der Waals surface area (Å²) in [6, 6.07) is 3.67. The van der Waals surface area contributed by atoms with Gasteiger partial charge in [0.25, 0.3) is 0 Å². The molecule has 0 atom stereocenters. The number of aliphatic imine (C=N–C) groups is 1. The number of hydrogen-bond acceptors (Lipinski definition) is 4. The SMILES string of the molecule is O=C=Nc1nccc2ccncc12. The molecular weight excluding hydrogens is 166 g/mol. The molecule has 0 aliphatic carbocycles. The average molecular weight is 171 g/mol. The second-order valence-corrected chi connectivity index (χ2v) is 2.43. The van der Waals surface area contributed by atoms with Crippen molar-refractivity contribution in [3.05, 3.63) is 30.7 Å². The number of fused-ring (bicyclic) bond motifs is 1. The zero-order chi connectivity index (χ0) is 9.10. The topological polar surface area (TPSA) is 55.2 Å². The standard InChI is InChI=1S/C9H5N3O/c13-6-12-9-8-5-10-3-1-7(8)2-4-11-9/h1-5H. The van der Waals surface area contributed by atoms with E-state index in [2.05, 4.69) is 15.0 Å². The van der Waals surface area contributed by atoms with Crippen molar-refractivity contribution in [3.8, 4) is 0 Å². The second-order valence-electron chi connectivity index (χ2n) is 2.43. The zero-order valence-corrected chi connectivity index (χ0v) is 6.64. The summed E-state index contributed by atoms with van der Waals surface area (Å²) in [5, 5.41) is 1.72. The number of pyridine rings is 2. The number of isocyanates is 1. The molecule has 0 spiro atoms. The Labute approximate surface area is 74.0 Å². The molecule has 2 aromatic heterocycles. The molecule has 0 saturated carbocycles. The van der Waals surface area contributed by atoms with Crippen molar-refractivity contribution in [2.24, 2.45) is 4.99 Å². The molecule has 0 amide bonds. The highest BCUT2D eigenvalue weighted by Crippen LogP contribution is 2.20. The molecule has 0 N–H and O–H groups in total. The van der Waals surface area contributed by atoms with Crippen molar-refractivity contribution in [3.63, 3.8) is 0 Å². The third-order valence-electron chi connectivity index (χ3n) is 1.70. The van der Waals surface area contributed by atoms with Crippen molar-refractivity contribution >= 4 is 22.7 Å². The minimum absolute atomic E-state index is 0.362. The van der Waals surface area contributed by atoms with Gasteiger partial charge in [-0.15, -0.1) is 4.99 Å². The highest BCUT2D eigenvalue weighted by Gasteiger charge is 1.98. The van der Waals surface area contributed by atoms with E-state index in [9.17, 15) is 4.79 Å². The molecule has 2 aromatic rings. The van der Waals surface area contributed by atoms with Crippen LogP contribution in [0.25, 0.3) is 10.8 Å². The van der Waals surface area contributed by atoms with E-state index >= 15 is 0 Å². The lowest BCUT2D eigenvalue weighted by Gasteiger charge is -1.96. The Morgan fingerprint density at radius 3 is 3.00 bits per heavy atom. The number of rotatable bonds is 1. The van der Waals surface area contributed by atoms with Gasteiger partial charge < -0.3 is 0 Å². The van der Waals surface area contributed by atoms with Gasteiger partial charge in [0.05, 0.1) is 0 Å². The van der Waals surface area contributed by atoms with Crippen molar-refractivity contribution in [1.82, 2.24) is 9.97 Å². The van der Waals surface area contributed by atoms with Crippen LogP contribution in [0.2, 0.25) is 0 Å². The first kappa shape index (κ1) is 7.58. The summed E-state index contributed by atoms with van der Waals surface area (Å²) in [4.78, 5) is 21.4. The third kappa shape index (κ3) is 1.30. The van der Waals surface area contributed by atoms with Crippen LogP contribution in [0.4, 0.5) is 5.82 Å². The summed E-state index contributed by atoms with van der Waals surface area (Å²) in [6.07, 6.45) is 6.36. The Morgan fingerprint density at radius 2 is 2.15 bits per heavy atom. The van der Waals surface area contributed by atoms with E-state index in [-0.39, 0.29) is 0 Å². The monoisotopic (exact) mass is 171 g/mol. The first-order valence-electron chi connectivity index (χ1n) is 3.68. The minimum Gasteiger partial charge on any atom is -0.264 e. The lowest BCUT2D eigenvalue weighted by atomic mass is 10.2. The van der Waals surface area contributed by atoms with Gasteiger partial charge in [0.2, 0.25) is 6.08 Å². The summed E-state index contributed by atoms with van der Waals surface area (Å²) in [5.41, 5.74) is 0. The fourth-order valence-electron chi connectivity index (χ4n) is 1.13. The summed E-state index contributed by atoms with van der Waals surface area (Å²) in [6.45, 7) is 0. The molecule has 0 bridgehead atoms. The molecule has 0 saturated heterocycles. The van der Waals surface area contributed by atoms with Gasteiger partial charge >= 0.3 is 0 Å². The second kappa shape index (κ2) is 3.13. The first-order valence-corrected chi connectivity index (χ1v) is 3.68. The van der Waals surface area contributed by atoms with Gasteiger partial charge in [-0.1, -0.05) is 0 Å². The summed E-state index contributed by atoms with van der Waals surface area (Å²) in [7, 11) is 0. The smallest absolute Gasteiger partial charge is 0.242 e. The summed E-state index contributed by atoms with van der Waals surface area (Å²) >= 11 is 0. The maximum Gasteiger partial charge on any atom is 0.242 e. The molecule has 0 unspecified atom stereocenters. The van der Waals surface area contributed by atoms with E-state index in [0.717, 1.165) is 10.8 Å². The molecule has 0 aliphatic rings. The Balaban J connectivity index is 2.82. The maximum absolute atomic E-state index is 10.1.